The maximum absolute atomic E-state index is 12.7. The van der Waals surface area contributed by atoms with E-state index in [2.05, 4.69) is 20.7 Å². The number of thioether (sulfide) groups is 1. The molecule has 0 radical (unpaired) electrons. The van der Waals surface area contributed by atoms with Gasteiger partial charge in [0.25, 0.3) is 11.1 Å². The zero-order valence-electron chi connectivity index (χ0n) is 17.4. The zero-order valence-corrected chi connectivity index (χ0v) is 20.5. The van der Waals surface area contributed by atoms with Gasteiger partial charge in [0.2, 0.25) is 0 Å². The molecule has 168 valence electrons. The molecule has 0 saturated carbocycles. The lowest BCUT2D eigenvalue weighted by molar-refractivity contribution is -0.148. The normalized spacial score (nSPS) is 15.8. The highest BCUT2D eigenvalue weighted by atomic mass is 79.9. The first kappa shape index (κ1) is 24.2. The summed E-state index contributed by atoms with van der Waals surface area (Å²) in [5.41, 5.74) is 1.42. The minimum Gasteiger partial charge on any atom is -0.493 e. The van der Waals surface area contributed by atoms with Gasteiger partial charge in [-0.05, 0) is 48.5 Å². The fourth-order valence-corrected chi connectivity index (χ4v) is 4.46. The van der Waals surface area contributed by atoms with Crippen molar-refractivity contribution in [2.75, 3.05) is 14.2 Å². The number of hydrogen-bond acceptors (Lipinski definition) is 7. The number of nitrogens with zero attached hydrogens (tertiary/aromatic N) is 1. The van der Waals surface area contributed by atoms with Gasteiger partial charge in [0.05, 0.1) is 19.1 Å². The Bertz CT molecular complexity index is 1110. The van der Waals surface area contributed by atoms with Crippen LogP contribution in [0.4, 0.5) is 4.79 Å². The molecule has 1 aliphatic rings. The van der Waals surface area contributed by atoms with Crippen molar-refractivity contribution in [2.45, 2.75) is 19.6 Å². The SMILES string of the molecule is COC(=O)[C@@H](C)N1C(=O)S/C(=C/c2cc(OC)c(OCc3ccccc3Cl)cc2Br)C1=O. The molecule has 2 aromatic rings. The third-order valence-corrected chi connectivity index (χ3v) is 6.60. The van der Waals surface area contributed by atoms with Gasteiger partial charge < -0.3 is 14.2 Å². The third-order valence-electron chi connectivity index (χ3n) is 4.66. The van der Waals surface area contributed by atoms with Crippen LogP contribution in [-0.2, 0) is 20.9 Å². The quantitative estimate of drug-likeness (QED) is 0.349. The van der Waals surface area contributed by atoms with Crippen LogP contribution >= 0.6 is 39.3 Å². The number of halogens is 2. The summed E-state index contributed by atoms with van der Waals surface area (Å²) in [6.45, 7) is 1.68. The van der Waals surface area contributed by atoms with E-state index in [0.717, 1.165) is 22.2 Å². The largest absolute Gasteiger partial charge is 0.493 e. The molecule has 0 aromatic heterocycles. The molecule has 2 aromatic carbocycles. The Labute approximate surface area is 202 Å². The molecule has 0 aliphatic carbocycles. The van der Waals surface area contributed by atoms with Crippen molar-refractivity contribution in [3.05, 3.63) is 61.9 Å². The first-order chi connectivity index (χ1) is 15.3. The van der Waals surface area contributed by atoms with Crippen molar-refractivity contribution in [3.63, 3.8) is 0 Å². The second-order valence-electron chi connectivity index (χ2n) is 6.66. The summed E-state index contributed by atoms with van der Waals surface area (Å²) >= 11 is 10.4. The molecule has 1 heterocycles. The van der Waals surface area contributed by atoms with Crippen LogP contribution in [0.15, 0.2) is 45.8 Å². The number of hydrogen-bond donors (Lipinski definition) is 0. The van der Waals surface area contributed by atoms with E-state index >= 15 is 0 Å². The van der Waals surface area contributed by atoms with E-state index < -0.39 is 23.2 Å². The number of esters is 1. The summed E-state index contributed by atoms with van der Waals surface area (Å²) in [5.74, 6) is -0.322. The Balaban J connectivity index is 1.85. The predicted molar refractivity (Wildman–Crippen MR) is 126 cm³/mol. The van der Waals surface area contributed by atoms with E-state index in [-0.39, 0.29) is 11.5 Å². The third kappa shape index (κ3) is 5.11. The molecule has 0 N–H and O–H groups in total. The maximum atomic E-state index is 12.7. The molecule has 3 rings (SSSR count). The minimum absolute atomic E-state index is 0.179. The van der Waals surface area contributed by atoms with Crippen molar-refractivity contribution in [1.29, 1.82) is 0 Å². The summed E-state index contributed by atoms with van der Waals surface area (Å²) in [7, 11) is 2.70. The van der Waals surface area contributed by atoms with Crippen LogP contribution in [0.2, 0.25) is 5.02 Å². The van der Waals surface area contributed by atoms with Gasteiger partial charge >= 0.3 is 5.97 Å². The molecule has 0 spiro atoms. The van der Waals surface area contributed by atoms with Gasteiger partial charge in [0.15, 0.2) is 11.5 Å². The second kappa shape index (κ2) is 10.4. The molecular formula is C22H19BrClNO6S. The minimum atomic E-state index is -1.02. The van der Waals surface area contributed by atoms with Gasteiger partial charge in [-0.15, -0.1) is 0 Å². The average Bonchev–Trinajstić information content (AvgIpc) is 3.06. The summed E-state index contributed by atoms with van der Waals surface area (Å²) in [6, 6.07) is 9.73. The molecule has 10 heteroatoms. The lowest BCUT2D eigenvalue weighted by Crippen LogP contribution is -2.42. The molecule has 0 bridgehead atoms. The second-order valence-corrected chi connectivity index (χ2v) is 8.91. The Hall–Kier alpha value is -2.49. The van der Waals surface area contributed by atoms with Crippen molar-refractivity contribution < 1.29 is 28.6 Å². The standard InChI is InChI=1S/C22H19BrClNO6S/c1-12(21(27)30-3)25-20(26)19(32-22(25)28)9-14-8-17(29-2)18(10-15(14)23)31-11-13-6-4-5-7-16(13)24/h4-10,12H,11H2,1-3H3/b19-9+/t12-/m1/s1. The Kier molecular flexibility index (Phi) is 7.86. The van der Waals surface area contributed by atoms with Crippen LogP contribution in [0.5, 0.6) is 11.5 Å². The van der Waals surface area contributed by atoms with Crippen LogP contribution in [-0.4, -0.2) is 42.3 Å². The lowest BCUT2D eigenvalue weighted by Gasteiger charge is -2.18. The number of benzene rings is 2. The molecule has 2 amide bonds. The van der Waals surface area contributed by atoms with E-state index in [9.17, 15) is 14.4 Å². The fraction of sp³-hybridized carbons (Fsp3) is 0.227. The van der Waals surface area contributed by atoms with Gasteiger partial charge in [-0.3, -0.25) is 14.5 Å². The number of methoxy groups -OCH3 is 2. The molecule has 7 nitrogen and oxygen atoms in total. The molecule has 1 aliphatic heterocycles. The van der Waals surface area contributed by atoms with Crippen molar-refractivity contribution in [1.82, 2.24) is 4.90 Å². The molecule has 1 saturated heterocycles. The van der Waals surface area contributed by atoms with Crippen molar-refractivity contribution >= 4 is 62.5 Å². The molecular weight excluding hydrogens is 522 g/mol. The van der Waals surface area contributed by atoms with Gasteiger partial charge in [0, 0.05) is 15.1 Å². The smallest absolute Gasteiger partial charge is 0.328 e. The van der Waals surface area contributed by atoms with E-state index in [0.29, 0.717) is 26.6 Å². The summed E-state index contributed by atoms with van der Waals surface area (Å²) in [6.07, 6.45) is 1.55. The summed E-state index contributed by atoms with van der Waals surface area (Å²) in [5, 5.41) is 0.0565. The van der Waals surface area contributed by atoms with Gasteiger partial charge in [-0.1, -0.05) is 45.7 Å². The van der Waals surface area contributed by atoms with E-state index in [1.54, 1.807) is 24.3 Å². The van der Waals surface area contributed by atoms with Crippen LogP contribution in [0, 0.1) is 0 Å². The van der Waals surface area contributed by atoms with Crippen LogP contribution in [0.3, 0.4) is 0 Å². The van der Waals surface area contributed by atoms with Crippen LogP contribution in [0.1, 0.15) is 18.1 Å². The number of imide groups is 1. The van der Waals surface area contributed by atoms with E-state index in [1.165, 1.54) is 21.1 Å². The predicted octanol–water partition coefficient (Wildman–Crippen LogP) is 5.29. The lowest BCUT2D eigenvalue weighted by atomic mass is 10.1. The average molecular weight is 541 g/mol. The number of amides is 2. The first-order valence-electron chi connectivity index (χ1n) is 9.35. The van der Waals surface area contributed by atoms with Gasteiger partial charge in [0.1, 0.15) is 12.6 Å². The zero-order chi connectivity index (χ0) is 23.4. The number of rotatable bonds is 7. The first-order valence-corrected chi connectivity index (χ1v) is 11.3. The van der Waals surface area contributed by atoms with Crippen molar-refractivity contribution in [3.8, 4) is 11.5 Å². The van der Waals surface area contributed by atoms with Gasteiger partial charge in [-0.2, -0.15) is 0 Å². The maximum Gasteiger partial charge on any atom is 0.328 e. The Morgan fingerprint density at radius 3 is 2.59 bits per heavy atom. The summed E-state index contributed by atoms with van der Waals surface area (Å²) in [4.78, 5) is 37.9. The topological polar surface area (TPSA) is 82.1 Å². The number of ether oxygens (including phenoxy) is 3. The Morgan fingerprint density at radius 2 is 1.94 bits per heavy atom. The van der Waals surface area contributed by atoms with E-state index in [1.807, 2.05) is 18.2 Å². The highest BCUT2D eigenvalue weighted by Crippen LogP contribution is 2.39. The van der Waals surface area contributed by atoms with Gasteiger partial charge in [-0.25, -0.2) is 4.79 Å². The number of carbonyl (C=O) groups is 3. The molecule has 0 unspecified atom stereocenters. The monoisotopic (exact) mass is 539 g/mol. The highest BCUT2D eigenvalue weighted by Gasteiger charge is 2.41. The molecule has 32 heavy (non-hydrogen) atoms. The van der Waals surface area contributed by atoms with Crippen LogP contribution in [0.25, 0.3) is 6.08 Å². The van der Waals surface area contributed by atoms with E-state index in [4.69, 9.17) is 21.1 Å². The number of carbonyl (C=O) groups excluding carboxylic acids is 3. The Morgan fingerprint density at radius 1 is 1.22 bits per heavy atom. The highest BCUT2D eigenvalue weighted by molar-refractivity contribution is 9.10. The van der Waals surface area contributed by atoms with Crippen molar-refractivity contribution in [2.24, 2.45) is 0 Å². The fourth-order valence-electron chi connectivity index (χ4n) is 2.94. The van der Waals surface area contributed by atoms with Crippen LogP contribution < -0.4 is 9.47 Å². The molecule has 1 atom stereocenters. The summed E-state index contributed by atoms with van der Waals surface area (Å²) < 4.78 is 16.6. The molecule has 1 fully saturated rings.